The van der Waals surface area contributed by atoms with E-state index in [-0.39, 0.29) is 0 Å². The first-order valence-electron chi connectivity index (χ1n) is 5.11. The molecular formula is C10H18BrN3. The molecule has 0 amide bonds. The van der Waals surface area contributed by atoms with Crippen LogP contribution in [-0.4, -0.2) is 9.78 Å². The Morgan fingerprint density at radius 3 is 2.50 bits per heavy atom. The van der Waals surface area contributed by atoms with Crippen molar-refractivity contribution in [3.05, 3.63) is 10.2 Å². The van der Waals surface area contributed by atoms with Crippen molar-refractivity contribution in [2.75, 3.05) is 5.73 Å². The molecule has 80 valence electrons. The van der Waals surface area contributed by atoms with Crippen LogP contribution in [0, 0.1) is 6.92 Å². The predicted octanol–water partition coefficient (Wildman–Crippen LogP) is 3.29. The van der Waals surface area contributed by atoms with Crippen molar-refractivity contribution >= 4 is 21.7 Å². The quantitative estimate of drug-likeness (QED) is 0.902. The van der Waals surface area contributed by atoms with Crippen LogP contribution in [0.4, 0.5) is 5.82 Å². The number of rotatable bonds is 4. The number of anilines is 1. The Balaban J connectivity index is 2.98. The molecule has 1 aromatic heterocycles. The summed E-state index contributed by atoms with van der Waals surface area (Å²) in [5.74, 6) is 0.753. The molecule has 2 N–H and O–H groups in total. The topological polar surface area (TPSA) is 43.8 Å². The average molecular weight is 260 g/mol. The summed E-state index contributed by atoms with van der Waals surface area (Å²) in [6.07, 6.45) is 3.37. The number of aromatic nitrogens is 2. The largest absolute Gasteiger partial charge is 0.383 e. The number of aryl methyl sites for hydroxylation is 1. The third kappa shape index (κ3) is 2.11. The van der Waals surface area contributed by atoms with Crippen LogP contribution in [0.3, 0.4) is 0 Å². The van der Waals surface area contributed by atoms with E-state index in [1.807, 2.05) is 11.6 Å². The zero-order chi connectivity index (χ0) is 10.7. The van der Waals surface area contributed by atoms with E-state index in [2.05, 4.69) is 34.9 Å². The predicted molar refractivity (Wildman–Crippen MR) is 63.3 cm³/mol. The van der Waals surface area contributed by atoms with Gasteiger partial charge in [0, 0.05) is 0 Å². The van der Waals surface area contributed by atoms with Gasteiger partial charge in [-0.2, -0.15) is 5.10 Å². The zero-order valence-electron chi connectivity index (χ0n) is 9.05. The Hall–Kier alpha value is -0.510. The lowest BCUT2D eigenvalue weighted by molar-refractivity contribution is 0.413. The van der Waals surface area contributed by atoms with Crippen LogP contribution in [0.2, 0.25) is 0 Å². The first-order chi connectivity index (χ1) is 6.61. The lowest BCUT2D eigenvalue weighted by Gasteiger charge is -2.15. The molecule has 1 rings (SSSR count). The lowest BCUT2D eigenvalue weighted by atomic mass is 10.1. The number of hydrogen-bond donors (Lipinski definition) is 1. The van der Waals surface area contributed by atoms with Gasteiger partial charge in [-0.05, 0) is 35.7 Å². The monoisotopic (exact) mass is 259 g/mol. The van der Waals surface area contributed by atoms with E-state index in [0.29, 0.717) is 6.04 Å². The Morgan fingerprint density at radius 2 is 2.14 bits per heavy atom. The zero-order valence-corrected chi connectivity index (χ0v) is 10.6. The molecule has 3 nitrogen and oxygen atoms in total. The van der Waals surface area contributed by atoms with Gasteiger partial charge in [-0.15, -0.1) is 0 Å². The maximum atomic E-state index is 5.96. The number of nitrogen functional groups attached to an aromatic ring is 1. The fraction of sp³-hybridized carbons (Fsp3) is 0.700. The Kier molecular flexibility index (Phi) is 3.98. The van der Waals surface area contributed by atoms with Gasteiger partial charge in [0.25, 0.3) is 0 Å². The van der Waals surface area contributed by atoms with Crippen LogP contribution in [0.1, 0.15) is 44.8 Å². The molecule has 0 saturated heterocycles. The highest BCUT2D eigenvalue weighted by molar-refractivity contribution is 9.10. The van der Waals surface area contributed by atoms with Crippen molar-refractivity contribution in [1.82, 2.24) is 9.78 Å². The smallest absolute Gasteiger partial charge is 0.136 e. The van der Waals surface area contributed by atoms with Crippen molar-refractivity contribution in [3.63, 3.8) is 0 Å². The Morgan fingerprint density at radius 1 is 1.50 bits per heavy atom. The molecule has 0 aliphatic heterocycles. The van der Waals surface area contributed by atoms with Gasteiger partial charge in [-0.3, -0.25) is 0 Å². The fourth-order valence-corrected chi connectivity index (χ4v) is 1.92. The molecule has 0 aliphatic rings. The van der Waals surface area contributed by atoms with E-state index in [9.17, 15) is 0 Å². The summed E-state index contributed by atoms with van der Waals surface area (Å²) in [6.45, 7) is 6.32. The highest BCUT2D eigenvalue weighted by atomic mass is 79.9. The number of nitrogens with zero attached hydrogens (tertiary/aromatic N) is 2. The third-order valence-electron chi connectivity index (χ3n) is 2.49. The molecule has 14 heavy (non-hydrogen) atoms. The molecule has 0 saturated carbocycles. The van der Waals surface area contributed by atoms with Gasteiger partial charge in [0.2, 0.25) is 0 Å². The first-order valence-corrected chi connectivity index (χ1v) is 5.91. The number of halogens is 1. The van der Waals surface area contributed by atoms with Crippen molar-refractivity contribution in [2.45, 2.75) is 46.1 Å². The summed E-state index contributed by atoms with van der Waals surface area (Å²) in [5.41, 5.74) is 6.93. The van der Waals surface area contributed by atoms with Crippen LogP contribution in [0.5, 0.6) is 0 Å². The molecule has 0 aromatic carbocycles. The molecule has 0 bridgehead atoms. The van der Waals surface area contributed by atoms with Gasteiger partial charge in [0.05, 0.1) is 16.2 Å². The van der Waals surface area contributed by atoms with E-state index in [1.54, 1.807) is 0 Å². The fourth-order valence-electron chi connectivity index (χ4n) is 1.66. The van der Waals surface area contributed by atoms with Crippen LogP contribution in [-0.2, 0) is 0 Å². The van der Waals surface area contributed by atoms with E-state index in [4.69, 9.17) is 5.73 Å². The van der Waals surface area contributed by atoms with Gasteiger partial charge in [0.15, 0.2) is 0 Å². The molecule has 1 atom stereocenters. The van der Waals surface area contributed by atoms with Gasteiger partial charge in [-0.1, -0.05) is 20.3 Å². The van der Waals surface area contributed by atoms with Crippen molar-refractivity contribution in [1.29, 1.82) is 0 Å². The standard InChI is InChI=1S/C10H18BrN3/c1-4-6-8(5-2)14-10(12)9(11)7(3)13-14/h8H,4-6,12H2,1-3H3. The highest BCUT2D eigenvalue weighted by Crippen LogP contribution is 2.28. The number of hydrogen-bond acceptors (Lipinski definition) is 2. The summed E-state index contributed by atoms with van der Waals surface area (Å²) < 4.78 is 2.88. The summed E-state index contributed by atoms with van der Waals surface area (Å²) >= 11 is 3.44. The van der Waals surface area contributed by atoms with Crippen LogP contribution in [0.15, 0.2) is 4.47 Å². The molecule has 4 heteroatoms. The van der Waals surface area contributed by atoms with Crippen molar-refractivity contribution in [2.24, 2.45) is 0 Å². The third-order valence-corrected chi connectivity index (χ3v) is 3.47. The van der Waals surface area contributed by atoms with Gasteiger partial charge in [-0.25, -0.2) is 4.68 Å². The molecule has 0 spiro atoms. The molecule has 0 radical (unpaired) electrons. The van der Waals surface area contributed by atoms with E-state index in [1.165, 1.54) is 0 Å². The molecular weight excluding hydrogens is 242 g/mol. The molecule has 1 unspecified atom stereocenters. The second kappa shape index (κ2) is 4.82. The summed E-state index contributed by atoms with van der Waals surface area (Å²) in [5, 5.41) is 4.44. The van der Waals surface area contributed by atoms with Crippen LogP contribution in [0.25, 0.3) is 0 Å². The molecule has 0 fully saturated rings. The minimum absolute atomic E-state index is 0.435. The summed E-state index contributed by atoms with van der Waals surface area (Å²) in [6, 6.07) is 0.435. The second-order valence-electron chi connectivity index (χ2n) is 3.58. The Labute approximate surface area is 93.8 Å². The van der Waals surface area contributed by atoms with E-state index >= 15 is 0 Å². The highest BCUT2D eigenvalue weighted by Gasteiger charge is 2.15. The van der Waals surface area contributed by atoms with Crippen LogP contribution >= 0.6 is 15.9 Å². The van der Waals surface area contributed by atoms with Gasteiger partial charge < -0.3 is 5.73 Å². The maximum absolute atomic E-state index is 5.96. The van der Waals surface area contributed by atoms with Crippen LogP contribution < -0.4 is 5.73 Å². The molecule has 1 heterocycles. The maximum Gasteiger partial charge on any atom is 0.136 e. The molecule has 0 aliphatic carbocycles. The second-order valence-corrected chi connectivity index (χ2v) is 4.37. The van der Waals surface area contributed by atoms with E-state index in [0.717, 1.165) is 35.2 Å². The van der Waals surface area contributed by atoms with Gasteiger partial charge >= 0.3 is 0 Å². The summed E-state index contributed by atoms with van der Waals surface area (Å²) in [4.78, 5) is 0. The summed E-state index contributed by atoms with van der Waals surface area (Å²) in [7, 11) is 0. The van der Waals surface area contributed by atoms with Crippen molar-refractivity contribution < 1.29 is 0 Å². The van der Waals surface area contributed by atoms with E-state index < -0.39 is 0 Å². The normalized spacial score (nSPS) is 13.1. The van der Waals surface area contributed by atoms with Gasteiger partial charge in [0.1, 0.15) is 5.82 Å². The number of nitrogens with two attached hydrogens (primary N) is 1. The minimum atomic E-state index is 0.435. The van der Waals surface area contributed by atoms with Crippen molar-refractivity contribution in [3.8, 4) is 0 Å². The lowest BCUT2D eigenvalue weighted by Crippen LogP contribution is -2.12. The SMILES string of the molecule is CCCC(CC)n1nc(C)c(Br)c1N. The minimum Gasteiger partial charge on any atom is -0.383 e. The first kappa shape index (κ1) is 11.6. The Bertz CT molecular complexity index is 307. The average Bonchev–Trinajstić information content (AvgIpc) is 2.42. The molecule has 1 aromatic rings.